The predicted molar refractivity (Wildman–Crippen MR) is 252 cm³/mol. The van der Waals surface area contributed by atoms with Crippen molar-refractivity contribution in [3.05, 3.63) is 257 Å². The van der Waals surface area contributed by atoms with Gasteiger partial charge in [0.2, 0.25) is 0 Å². The molecular weight excluding hydrogens is 723 g/mol. The van der Waals surface area contributed by atoms with Crippen LogP contribution in [0.3, 0.4) is 0 Å². The number of hydrogen-bond acceptors (Lipinski definition) is 1. The van der Waals surface area contributed by atoms with Crippen LogP contribution in [0.2, 0.25) is 0 Å². The molecule has 11 rings (SSSR count). The first-order chi connectivity index (χ1) is 29.4. The van der Waals surface area contributed by atoms with Crippen molar-refractivity contribution < 1.29 is 0 Å². The van der Waals surface area contributed by atoms with Gasteiger partial charge in [-0.25, -0.2) is 0 Å². The largest absolute Gasteiger partial charge is 0.331 e. The second-order valence-corrected chi connectivity index (χ2v) is 17.5. The summed E-state index contributed by atoms with van der Waals surface area (Å²) in [7, 11) is 0. The average molecular weight is 770 g/mol. The van der Waals surface area contributed by atoms with Crippen molar-refractivity contribution >= 4 is 16.9 Å². The highest BCUT2D eigenvalue weighted by Gasteiger charge is 2.48. The first kappa shape index (κ1) is 36.1. The summed E-state index contributed by atoms with van der Waals surface area (Å²) in [4.78, 5) is 2.66. The van der Waals surface area contributed by atoms with Crippen LogP contribution >= 0.6 is 0 Å². The molecular formula is C59H47N. The van der Waals surface area contributed by atoms with E-state index < -0.39 is 5.41 Å². The second kappa shape index (κ2) is 13.8. The quantitative estimate of drug-likeness (QED) is 0.156. The molecule has 8 aromatic rings. The van der Waals surface area contributed by atoms with Crippen LogP contribution in [-0.2, 0) is 10.8 Å². The van der Waals surface area contributed by atoms with Gasteiger partial charge in [0.25, 0.3) is 0 Å². The molecule has 0 N–H and O–H groups in total. The molecule has 0 radical (unpaired) electrons. The van der Waals surface area contributed by atoms with Crippen LogP contribution in [0.4, 0.5) is 11.4 Å². The number of anilines is 2. The van der Waals surface area contributed by atoms with Crippen LogP contribution in [-0.4, -0.2) is 5.54 Å². The molecule has 0 fully saturated rings. The molecule has 288 valence electrons. The number of hydrogen-bond donors (Lipinski definition) is 0. The Bertz CT molecular complexity index is 2930. The number of nitrogens with zero attached hydrogens (tertiary/aromatic N) is 1. The third-order valence-corrected chi connectivity index (χ3v) is 13.7. The normalized spacial score (nSPS) is 17.6. The van der Waals surface area contributed by atoms with Gasteiger partial charge in [0.05, 0.1) is 16.6 Å². The van der Waals surface area contributed by atoms with Crippen molar-refractivity contribution in [2.45, 2.75) is 43.6 Å². The Morgan fingerprint density at radius 2 is 0.983 bits per heavy atom. The van der Waals surface area contributed by atoms with Crippen molar-refractivity contribution in [1.29, 1.82) is 0 Å². The van der Waals surface area contributed by atoms with E-state index in [9.17, 15) is 0 Å². The van der Waals surface area contributed by atoms with Crippen molar-refractivity contribution in [2.75, 3.05) is 4.90 Å². The summed E-state index contributed by atoms with van der Waals surface area (Å²) < 4.78 is 0. The molecule has 0 heterocycles. The molecule has 0 saturated heterocycles. The third-order valence-electron chi connectivity index (χ3n) is 13.7. The van der Waals surface area contributed by atoms with Crippen molar-refractivity contribution in [2.24, 2.45) is 0 Å². The van der Waals surface area contributed by atoms with Crippen LogP contribution in [0.15, 0.2) is 218 Å². The van der Waals surface area contributed by atoms with E-state index in [-0.39, 0.29) is 11.0 Å². The minimum Gasteiger partial charge on any atom is -0.331 e. The lowest BCUT2D eigenvalue weighted by Crippen LogP contribution is -2.43. The lowest BCUT2D eigenvalue weighted by atomic mass is 9.67. The Morgan fingerprint density at radius 1 is 0.433 bits per heavy atom. The summed E-state index contributed by atoms with van der Waals surface area (Å²) in [6.45, 7) is 7.19. The minimum absolute atomic E-state index is 0.128. The molecule has 0 aromatic heterocycles. The third kappa shape index (κ3) is 5.39. The number of fused-ring (bicyclic) bond motifs is 6. The Labute approximate surface area is 354 Å². The fraction of sp³-hybridized carbons (Fsp3) is 0.119. The van der Waals surface area contributed by atoms with Crippen molar-refractivity contribution in [3.63, 3.8) is 0 Å². The van der Waals surface area contributed by atoms with Gasteiger partial charge in [-0.3, -0.25) is 0 Å². The van der Waals surface area contributed by atoms with E-state index in [1.807, 2.05) is 0 Å². The van der Waals surface area contributed by atoms with Crippen LogP contribution in [0, 0.1) is 0 Å². The van der Waals surface area contributed by atoms with Gasteiger partial charge in [0, 0.05) is 16.7 Å². The van der Waals surface area contributed by atoms with Crippen molar-refractivity contribution in [3.8, 4) is 33.4 Å². The van der Waals surface area contributed by atoms with Crippen LogP contribution in [0.25, 0.3) is 39.0 Å². The summed E-state index contributed by atoms with van der Waals surface area (Å²) in [6.07, 6.45) is 8.11. The summed E-state index contributed by atoms with van der Waals surface area (Å²) in [5.74, 6) is 0. The molecule has 0 spiro atoms. The molecule has 0 amide bonds. The van der Waals surface area contributed by atoms with Gasteiger partial charge in [-0.15, -0.1) is 0 Å². The highest BCUT2D eigenvalue weighted by molar-refractivity contribution is 5.96. The SMILES string of the molecule is CC1(C)c2ccccc2-c2ccc(N(c3cccc4c3-c3ccccc3C4(c3ccccc3)c3ccccc3)[C@@]3(C)C=CC(c4ccc(-c5ccccc5)cc4)=CC3)cc21. The number of allylic oxidation sites excluding steroid dienone is 2. The Morgan fingerprint density at radius 3 is 1.65 bits per heavy atom. The van der Waals surface area contributed by atoms with E-state index in [1.165, 1.54) is 89.3 Å². The Hall–Kier alpha value is -6.96. The maximum atomic E-state index is 2.66. The van der Waals surface area contributed by atoms with E-state index in [0.29, 0.717) is 0 Å². The van der Waals surface area contributed by atoms with E-state index in [4.69, 9.17) is 0 Å². The molecule has 0 aliphatic heterocycles. The maximum Gasteiger partial charge on any atom is 0.0714 e. The molecule has 3 aliphatic carbocycles. The van der Waals surface area contributed by atoms with E-state index in [0.717, 1.165) is 6.42 Å². The molecule has 0 unspecified atom stereocenters. The highest BCUT2D eigenvalue weighted by Crippen LogP contribution is 2.60. The summed E-state index contributed by atoms with van der Waals surface area (Å²) in [5.41, 5.74) is 19.6. The standard InChI is InChI=1S/C59H47N/c1-57(2)51-26-15-13-24-48(51)49-35-34-47(40-54(49)57)60(58(3)38-36-44(37-39-58)43-32-30-42(31-33-43)41-18-7-4-8-19-41)55-29-17-28-53-56(55)50-25-14-16-27-52(50)59(53,45-20-9-5-10-21-45)46-22-11-6-12-23-46/h4-38,40H,39H2,1-3H3/t58-/m0/s1. The van der Waals surface area contributed by atoms with Gasteiger partial charge in [-0.05, 0) is 104 Å². The molecule has 3 aliphatic rings. The second-order valence-electron chi connectivity index (χ2n) is 17.5. The molecule has 1 nitrogen and oxygen atoms in total. The van der Waals surface area contributed by atoms with E-state index >= 15 is 0 Å². The molecule has 60 heavy (non-hydrogen) atoms. The monoisotopic (exact) mass is 769 g/mol. The molecule has 1 atom stereocenters. The Balaban J connectivity index is 1.11. The van der Waals surface area contributed by atoms with Gasteiger partial charge >= 0.3 is 0 Å². The fourth-order valence-corrected chi connectivity index (χ4v) is 10.8. The lowest BCUT2D eigenvalue weighted by molar-refractivity contribution is 0.570. The molecule has 1 heteroatoms. The van der Waals surface area contributed by atoms with Gasteiger partial charge < -0.3 is 4.90 Å². The number of benzene rings is 8. The molecule has 8 aromatic carbocycles. The smallest absolute Gasteiger partial charge is 0.0714 e. The van der Waals surface area contributed by atoms with Crippen molar-refractivity contribution in [1.82, 2.24) is 0 Å². The van der Waals surface area contributed by atoms with E-state index in [2.05, 4.69) is 244 Å². The summed E-state index contributed by atoms with van der Waals surface area (Å²) >= 11 is 0. The zero-order valence-corrected chi connectivity index (χ0v) is 34.4. The fourth-order valence-electron chi connectivity index (χ4n) is 10.8. The minimum atomic E-state index is -0.486. The van der Waals surface area contributed by atoms with Gasteiger partial charge in [0.15, 0.2) is 0 Å². The predicted octanol–water partition coefficient (Wildman–Crippen LogP) is 15.0. The van der Waals surface area contributed by atoms with Gasteiger partial charge in [-0.1, -0.05) is 214 Å². The maximum absolute atomic E-state index is 2.66. The van der Waals surface area contributed by atoms with Crippen LogP contribution < -0.4 is 4.90 Å². The highest BCUT2D eigenvalue weighted by atomic mass is 15.2. The zero-order chi connectivity index (χ0) is 40.5. The zero-order valence-electron chi connectivity index (χ0n) is 34.4. The van der Waals surface area contributed by atoms with E-state index in [1.54, 1.807) is 0 Å². The molecule has 0 bridgehead atoms. The van der Waals surface area contributed by atoms with Crippen LogP contribution in [0.5, 0.6) is 0 Å². The Kier molecular flexibility index (Phi) is 8.33. The number of rotatable bonds is 7. The van der Waals surface area contributed by atoms with Gasteiger partial charge in [-0.2, -0.15) is 0 Å². The summed E-state index contributed by atoms with van der Waals surface area (Å²) in [6, 6.07) is 74.3. The lowest BCUT2D eigenvalue weighted by Gasteiger charge is -2.44. The summed E-state index contributed by atoms with van der Waals surface area (Å²) in [5, 5.41) is 0. The van der Waals surface area contributed by atoms with Gasteiger partial charge in [0.1, 0.15) is 0 Å². The van der Waals surface area contributed by atoms with Crippen LogP contribution in [0.1, 0.15) is 66.1 Å². The first-order valence-electron chi connectivity index (χ1n) is 21.3. The molecule has 0 saturated carbocycles. The average Bonchev–Trinajstić information content (AvgIpc) is 3.74. The topological polar surface area (TPSA) is 3.24 Å². The first-order valence-corrected chi connectivity index (χ1v) is 21.3.